The SMILES string of the molecule is CC(C)Oc1ccc(C(=O)N2CC(O)(C3CC3)C2)cc1. The molecule has 1 aromatic carbocycles. The van der Waals surface area contributed by atoms with Crippen LogP contribution in [0.5, 0.6) is 5.75 Å². The van der Waals surface area contributed by atoms with Crippen LogP contribution < -0.4 is 4.74 Å². The number of amides is 1. The zero-order chi connectivity index (χ0) is 14.3. The topological polar surface area (TPSA) is 49.8 Å². The molecular formula is C16H21NO3. The van der Waals surface area contributed by atoms with Crippen LogP contribution in [0.2, 0.25) is 0 Å². The van der Waals surface area contributed by atoms with Crippen LogP contribution in [0, 0.1) is 5.92 Å². The van der Waals surface area contributed by atoms with Crippen LogP contribution in [0.4, 0.5) is 0 Å². The third-order valence-corrected chi connectivity index (χ3v) is 4.03. The average Bonchev–Trinajstić information content (AvgIpc) is 3.19. The van der Waals surface area contributed by atoms with Crippen LogP contribution in [-0.4, -0.2) is 40.7 Å². The van der Waals surface area contributed by atoms with Gasteiger partial charge in [-0.1, -0.05) is 0 Å². The summed E-state index contributed by atoms with van der Waals surface area (Å²) in [4.78, 5) is 14.0. The predicted molar refractivity (Wildman–Crippen MR) is 75.8 cm³/mol. The number of benzene rings is 1. The third-order valence-electron chi connectivity index (χ3n) is 4.03. The summed E-state index contributed by atoms with van der Waals surface area (Å²) in [5, 5.41) is 10.2. The van der Waals surface area contributed by atoms with Crippen molar-refractivity contribution in [3.05, 3.63) is 29.8 Å². The van der Waals surface area contributed by atoms with Gasteiger partial charge in [0.25, 0.3) is 5.91 Å². The maximum atomic E-state index is 12.3. The predicted octanol–water partition coefficient (Wildman–Crippen LogP) is 2.07. The van der Waals surface area contributed by atoms with Crippen LogP contribution in [0.3, 0.4) is 0 Å². The monoisotopic (exact) mass is 275 g/mol. The number of ether oxygens (including phenoxy) is 1. The number of likely N-dealkylation sites (tertiary alicyclic amines) is 1. The van der Waals surface area contributed by atoms with Gasteiger partial charge in [-0.2, -0.15) is 0 Å². The lowest BCUT2D eigenvalue weighted by molar-refractivity contribution is -0.0958. The number of carbonyl (C=O) groups is 1. The highest BCUT2D eigenvalue weighted by Gasteiger charge is 2.53. The smallest absolute Gasteiger partial charge is 0.254 e. The molecule has 4 nitrogen and oxygen atoms in total. The summed E-state index contributed by atoms with van der Waals surface area (Å²) >= 11 is 0. The Morgan fingerprint density at radius 2 is 1.90 bits per heavy atom. The Balaban J connectivity index is 1.60. The normalized spacial score (nSPS) is 20.7. The molecule has 1 saturated heterocycles. The minimum absolute atomic E-state index is 0.00794. The number of carbonyl (C=O) groups excluding carboxylic acids is 1. The molecule has 2 fully saturated rings. The van der Waals surface area contributed by atoms with Gasteiger partial charge >= 0.3 is 0 Å². The molecule has 0 aromatic heterocycles. The quantitative estimate of drug-likeness (QED) is 0.915. The van der Waals surface area contributed by atoms with E-state index in [1.807, 2.05) is 26.0 Å². The Morgan fingerprint density at radius 3 is 2.40 bits per heavy atom. The van der Waals surface area contributed by atoms with Crippen molar-refractivity contribution in [2.45, 2.75) is 38.4 Å². The van der Waals surface area contributed by atoms with Gasteiger partial charge in [-0.15, -0.1) is 0 Å². The fourth-order valence-electron chi connectivity index (χ4n) is 2.77. The molecule has 1 aliphatic carbocycles. The molecule has 1 aromatic rings. The van der Waals surface area contributed by atoms with E-state index in [1.54, 1.807) is 17.0 Å². The highest BCUT2D eigenvalue weighted by molar-refractivity contribution is 5.95. The molecule has 1 saturated carbocycles. The number of rotatable bonds is 4. The van der Waals surface area contributed by atoms with E-state index in [1.165, 1.54) is 0 Å². The van der Waals surface area contributed by atoms with Crippen molar-refractivity contribution in [3.63, 3.8) is 0 Å². The number of aliphatic hydroxyl groups is 1. The first kappa shape index (κ1) is 13.4. The van der Waals surface area contributed by atoms with Crippen LogP contribution in [0.15, 0.2) is 24.3 Å². The highest BCUT2D eigenvalue weighted by atomic mass is 16.5. The largest absolute Gasteiger partial charge is 0.491 e. The van der Waals surface area contributed by atoms with E-state index in [4.69, 9.17) is 4.74 Å². The number of nitrogens with zero attached hydrogens (tertiary/aromatic N) is 1. The Labute approximate surface area is 119 Å². The fraction of sp³-hybridized carbons (Fsp3) is 0.562. The van der Waals surface area contributed by atoms with Crippen molar-refractivity contribution >= 4 is 5.91 Å². The van der Waals surface area contributed by atoms with Gasteiger partial charge < -0.3 is 14.7 Å². The number of hydrogen-bond donors (Lipinski definition) is 1. The molecule has 0 spiro atoms. The molecule has 2 aliphatic rings. The first-order valence-electron chi connectivity index (χ1n) is 7.26. The maximum absolute atomic E-state index is 12.3. The molecule has 4 heteroatoms. The van der Waals surface area contributed by atoms with Gasteiger partial charge in [0.05, 0.1) is 19.2 Å². The maximum Gasteiger partial charge on any atom is 0.254 e. The van der Waals surface area contributed by atoms with Crippen molar-refractivity contribution in [2.24, 2.45) is 5.92 Å². The third kappa shape index (κ3) is 2.52. The molecule has 0 bridgehead atoms. The van der Waals surface area contributed by atoms with Gasteiger partial charge in [0.2, 0.25) is 0 Å². The van der Waals surface area contributed by atoms with Crippen LogP contribution in [0.25, 0.3) is 0 Å². The first-order valence-corrected chi connectivity index (χ1v) is 7.26. The molecule has 108 valence electrons. The summed E-state index contributed by atoms with van der Waals surface area (Å²) in [6, 6.07) is 7.21. The van der Waals surface area contributed by atoms with Crippen molar-refractivity contribution in [3.8, 4) is 5.75 Å². The van der Waals surface area contributed by atoms with E-state index in [9.17, 15) is 9.90 Å². The second-order valence-electron chi connectivity index (χ2n) is 6.23. The minimum Gasteiger partial charge on any atom is -0.491 e. The van der Waals surface area contributed by atoms with Crippen molar-refractivity contribution in [1.82, 2.24) is 4.90 Å². The zero-order valence-electron chi connectivity index (χ0n) is 12.0. The second kappa shape index (κ2) is 4.77. The van der Waals surface area contributed by atoms with Gasteiger partial charge in [0.15, 0.2) is 0 Å². The van der Waals surface area contributed by atoms with E-state index < -0.39 is 5.60 Å². The standard InChI is InChI=1S/C16H21NO3/c1-11(2)20-14-7-3-12(4-8-14)15(18)17-9-16(19,10-17)13-5-6-13/h3-4,7-8,11,13,19H,5-6,9-10H2,1-2H3. The number of β-amino-alcohol motifs (C(OH)–C–C–N with tert-alkyl or cyclic N) is 1. The molecule has 0 unspecified atom stereocenters. The summed E-state index contributed by atoms with van der Waals surface area (Å²) in [5.74, 6) is 1.18. The molecule has 20 heavy (non-hydrogen) atoms. The molecule has 1 N–H and O–H groups in total. The molecule has 0 atom stereocenters. The van der Waals surface area contributed by atoms with E-state index in [2.05, 4.69) is 0 Å². The lowest BCUT2D eigenvalue weighted by Crippen LogP contribution is -2.64. The van der Waals surface area contributed by atoms with Crippen molar-refractivity contribution < 1.29 is 14.6 Å². The molecular weight excluding hydrogens is 254 g/mol. The van der Waals surface area contributed by atoms with Gasteiger partial charge in [0.1, 0.15) is 11.4 Å². The van der Waals surface area contributed by atoms with E-state index in [-0.39, 0.29) is 12.0 Å². The Kier molecular flexibility index (Phi) is 3.21. The summed E-state index contributed by atoms with van der Waals surface area (Å²) in [7, 11) is 0. The number of hydrogen-bond acceptors (Lipinski definition) is 3. The van der Waals surface area contributed by atoms with Crippen LogP contribution in [-0.2, 0) is 0 Å². The van der Waals surface area contributed by atoms with Gasteiger partial charge in [-0.25, -0.2) is 0 Å². The first-order chi connectivity index (χ1) is 9.48. The summed E-state index contributed by atoms with van der Waals surface area (Å²) in [6.07, 6.45) is 2.32. The van der Waals surface area contributed by atoms with Gasteiger partial charge in [-0.3, -0.25) is 4.79 Å². The fourth-order valence-corrected chi connectivity index (χ4v) is 2.77. The van der Waals surface area contributed by atoms with Crippen LogP contribution >= 0.6 is 0 Å². The summed E-state index contributed by atoms with van der Waals surface area (Å²) in [6.45, 7) is 4.89. The van der Waals surface area contributed by atoms with E-state index in [0.717, 1.165) is 18.6 Å². The van der Waals surface area contributed by atoms with Gasteiger partial charge in [-0.05, 0) is 56.9 Å². The summed E-state index contributed by atoms with van der Waals surface area (Å²) in [5.41, 5.74) is 0.0371. The molecule has 0 radical (unpaired) electrons. The zero-order valence-corrected chi connectivity index (χ0v) is 12.0. The van der Waals surface area contributed by atoms with E-state index in [0.29, 0.717) is 24.6 Å². The second-order valence-corrected chi connectivity index (χ2v) is 6.23. The van der Waals surface area contributed by atoms with Crippen LogP contribution in [0.1, 0.15) is 37.0 Å². The molecule has 3 rings (SSSR count). The molecule has 1 amide bonds. The highest BCUT2D eigenvalue weighted by Crippen LogP contribution is 2.44. The minimum atomic E-state index is -0.615. The van der Waals surface area contributed by atoms with Crippen molar-refractivity contribution in [1.29, 1.82) is 0 Å². The Hall–Kier alpha value is -1.55. The van der Waals surface area contributed by atoms with Crippen molar-refractivity contribution in [2.75, 3.05) is 13.1 Å². The Bertz CT molecular complexity index is 499. The average molecular weight is 275 g/mol. The van der Waals surface area contributed by atoms with Gasteiger partial charge in [0, 0.05) is 5.56 Å². The Morgan fingerprint density at radius 1 is 1.30 bits per heavy atom. The summed E-state index contributed by atoms with van der Waals surface area (Å²) < 4.78 is 5.56. The van der Waals surface area contributed by atoms with E-state index >= 15 is 0 Å². The lowest BCUT2D eigenvalue weighted by atomic mass is 9.88. The molecule has 1 heterocycles. The lowest BCUT2D eigenvalue weighted by Gasteiger charge is -2.47. The molecule has 1 aliphatic heterocycles.